The van der Waals surface area contributed by atoms with Gasteiger partial charge < -0.3 is 0 Å². The van der Waals surface area contributed by atoms with E-state index in [9.17, 15) is 0 Å². The lowest BCUT2D eigenvalue weighted by Gasteiger charge is -2.29. The summed E-state index contributed by atoms with van der Waals surface area (Å²) >= 11 is 0. The molecule has 0 saturated heterocycles. The van der Waals surface area contributed by atoms with Crippen LogP contribution in [0.1, 0.15) is 47.1 Å². The molecule has 0 aromatic heterocycles. The Kier molecular flexibility index (Phi) is 5.52. The summed E-state index contributed by atoms with van der Waals surface area (Å²) in [6.07, 6.45) is 0. The van der Waals surface area contributed by atoms with Crippen LogP contribution in [0.4, 0.5) is 0 Å². The molecule has 0 fully saturated rings. The molecule has 80 valence electrons. The van der Waals surface area contributed by atoms with Gasteiger partial charge in [0.15, 0.2) is 0 Å². The molecule has 0 aliphatic rings. The Bertz CT molecular complexity index is 231. The van der Waals surface area contributed by atoms with Gasteiger partial charge in [-0.05, 0) is 16.9 Å². The zero-order valence-electron chi connectivity index (χ0n) is 10.5. The van der Waals surface area contributed by atoms with Gasteiger partial charge in [0, 0.05) is 0 Å². The van der Waals surface area contributed by atoms with Gasteiger partial charge in [-0.2, -0.15) is 0 Å². The number of hydrogen-bond donors (Lipinski definition) is 0. The average molecular weight is 192 g/mol. The molecule has 1 aromatic rings. The van der Waals surface area contributed by atoms with Gasteiger partial charge in [-0.1, -0.05) is 71.9 Å². The third-order valence-electron chi connectivity index (χ3n) is 2.96. The molecule has 1 rings (SSSR count). The van der Waals surface area contributed by atoms with Gasteiger partial charge in [0.2, 0.25) is 0 Å². The summed E-state index contributed by atoms with van der Waals surface area (Å²) in [5.41, 5.74) is 1.72. The van der Waals surface area contributed by atoms with Crippen molar-refractivity contribution in [3.8, 4) is 0 Å². The molecule has 0 nitrogen and oxygen atoms in total. The lowest BCUT2D eigenvalue weighted by atomic mass is 9.75. The second-order valence-corrected chi connectivity index (χ2v) is 4.24. The van der Waals surface area contributed by atoms with Crippen LogP contribution in [0.5, 0.6) is 0 Å². The van der Waals surface area contributed by atoms with E-state index in [1.807, 2.05) is 13.8 Å². The van der Waals surface area contributed by atoms with Gasteiger partial charge in [-0.15, -0.1) is 0 Å². The molecule has 0 heterocycles. The summed E-state index contributed by atoms with van der Waals surface area (Å²) in [5.74, 6) is 0.680. The van der Waals surface area contributed by atoms with E-state index in [4.69, 9.17) is 0 Å². The zero-order chi connectivity index (χ0) is 11.2. The zero-order valence-corrected chi connectivity index (χ0v) is 10.5. The third-order valence-corrected chi connectivity index (χ3v) is 2.96. The van der Waals surface area contributed by atoms with Crippen molar-refractivity contribution in [1.82, 2.24) is 0 Å². The topological polar surface area (TPSA) is 0 Å². The fourth-order valence-electron chi connectivity index (χ4n) is 1.20. The molecule has 0 N–H and O–H groups in total. The maximum atomic E-state index is 2.30. The second-order valence-electron chi connectivity index (χ2n) is 4.24. The van der Waals surface area contributed by atoms with Gasteiger partial charge in [-0.25, -0.2) is 0 Å². The molecular weight excluding hydrogens is 168 g/mol. The van der Waals surface area contributed by atoms with Crippen LogP contribution in [0, 0.1) is 5.92 Å². The van der Waals surface area contributed by atoms with Gasteiger partial charge in [0.25, 0.3) is 0 Å². The molecule has 0 amide bonds. The smallest absolute Gasteiger partial charge is 0.00806 e. The van der Waals surface area contributed by atoms with Crippen molar-refractivity contribution in [3.63, 3.8) is 0 Å². The number of rotatable bonds is 2. The highest BCUT2D eigenvalue weighted by molar-refractivity contribution is 5.23. The molecule has 0 aliphatic heterocycles. The molecule has 0 bridgehead atoms. The van der Waals surface area contributed by atoms with Crippen molar-refractivity contribution >= 4 is 0 Å². The quantitative estimate of drug-likeness (QED) is 0.640. The van der Waals surface area contributed by atoms with Crippen molar-refractivity contribution in [3.05, 3.63) is 35.9 Å². The van der Waals surface area contributed by atoms with Crippen LogP contribution in [0.2, 0.25) is 0 Å². The fourth-order valence-corrected chi connectivity index (χ4v) is 1.20. The summed E-state index contributed by atoms with van der Waals surface area (Å²) in [7, 11) is 0. The Hall–Kier alpha value is -0.780. The molecule has 0 atom stereocenters. The minimum atomic E-state index is 0.293. The average Bonchev–Trinajstić information content (AvgIpc) is 2.22. The van der Waals surface area contributed by atoms with E-state index in [-0.39, 0.29) is 0 Å². The monoisotopic (exact) mass is 192 g/mol. The largest absolute Gasteiger partial charge is 0.0683 e. The van der Waals surface area contributed by atoms with Gasteiger partial charge in [0.05, 0.1) is 0 Å². The minimum Gasteiger partial charge on any atom is -0.0683 e. The molecule has 0 aliphatic carbocycles. The van der Waals surface area contributed by atoms with Gasteiger partial charge in [-0.3, -0.25) is 0 Å². The normalized spacial score (nSPS) is 10.8. The van der Waals surface area contributed by atoms with E-state index < -0.39 is 0 Å². The molecule has 1 aromatic carbocycles. The van der Waals surface area contributed by atoms with Crippen molar-refractivity contribution in [2.75, 3.05) is 0 Å². The molecule has 0 unspecified atom stereocenters. The van der Waals surface area contributed by atoms with Crippen LogP contribution >= 0.6 is 0 Å². The van der Waals surface area contributed by atoms with E-state index in [1.165, 1.54) is 5.56 Å². The Morgan fingerprint density at radius 3 is 1.71 bits per heavy atom. The summed E-state index contributed by atoms with van der Waals surface area (Å²) in [5, 5.41) is 0. The summed E-state index contributed by atoms with van der Waals surface area (Å²) in [6.45, 7) is 13.1. The molecule has 0 saturated carbocycles. The highest BCUT2D eigenvalue weighted by Gasteiger charge is 2.23. The van der Waals surface area contributed by atoms with Crippen LogP contribution in [-0.2, 0) is 5.41 Å². The van der Waals surface area contributed by atoms with Crippen LogP contribution in [-0.4, -0.2) is 0 Å². The van der Waals surface area contributed by atoms with E-state index in [0.717, 1.165) is 0 Å². The van der Waals surface area contributed by atoms with Crippen LogP contribution in [0.15, 0.2) is 30.3 Å². The maximum Gasteiger partial charge on any atom is -0.00806 e. The standard InChI is InChI=1S/C12H18.C2H6/c1-10(2)12(3,4)11-8-6-5-7-9-11;1-2/h5-10H,1-4H3;1-2H3. The van der Waals surface area contributed by atoms with Gasteiger partial charge in [0.1, 0.15) is 0 Å². The van der Waals surface area contributed by atoms with Crippen molar-refractivity contribution in [2.24, 2.45) is 5.92 Å². The van der Waals surface area contributed by atoms with Crippen LogP contribution in [0.25, 0.3) is 0 Å². The minimum absolute atomic E-state index is 0.293. The Labute approximate surface area is 89.4 Å². The van der Waals surface area contributed by atoms with E-state index in [1.54, 1.807) is 0 Å². The first-order valence-corrected chi connectivity index (χ1v) is 5.60. The van der Waals surface area contributed by atoms with Crippen molar-refractivity contribution in [1.29, 1.82) is 0 Å². The Morgan fingerprint density at radius 1 is 0.929 bits per heavy atom. The predicted octanol–water partition coefficient (Wildman–Crippen LogP) is 4.65. The van der Waals surface area contributed by atoms with Crippen LogP contribution < -0.4 is 0 Å². The first-order chi connectivity index (χ1) is 6.55. The Morgan fingerprint density at radius 2 is 1.36 bits per heavy atom. The number of benzene rings is 1. The molecule has 0 radical (unpaired) electrons. The predicted molar refractivity (Wildman–Crippen MR) is 65.7 cm³/mol. The SMILES string of the molecule is CC.CC(C)C(C)(C)c1ccccc1. The summed E-state index contributed by atoms with van der Waals surface area (Å²) in [6, 6.07) is 10.7. The molecule has 0 heteroatoms. The molecule has 0 spiro atoms. The summed E-state index contributed by atoms with van der Waals surface area (Å²) in [4.78, 5) is 0. The third kappa shape index (κ3) is 3.17. The summed E-state index contributed by atoms with van der Waals surface area (Å²) < 4.78 is 0. The lowest BCUT2D eigenvalue weighted by Crippen LogP contribution is -2.23. The van der Waals surface area contributed by atoms with E-state index in [0.29, 0.717) is 11.3 Å². The first kappa shape index (κ1) is 13.2. The highest BCUT2D eigenvalue weighted by atomic mass is 14.3. The number of hydrogen-bond acceptors (Lipinski definition) is 0. The highest BCUT2D eigenvalue weighted by Crippen LogP contribution is 2.30. The first-order valence-electron chi connectivity index (χ1n) is 5.60. The lowest BCUT2D eigenvalue weighted by molar-refractivity contribution is 0.372. The maximum absolute atomic E-state index is 2.30. The van der Waals surface area contributed by atoms with Gasteiger partial charge >= 0.3 is 0 Å². The Balaban J connectivity index is 0.000000791. The second kappa shape index (κ2) is 5.85. The fraction of sp³-hybridized carbons (Fsp3) is 0.571. The van der Waals surface area contributed by atoms with Crippen molar-refractivity contribution < 1.29 is 0 Å². The van der Waals surface area contributed by atoms with E-state index >= 15 is 0 Å². The van der Waals surface area contributed by atoms with Crippen molar-refractivity contribution in [2.45, 2.75) is 47.0 Å². The molecule has 14 heavy (non-hydrogen) atoms. The van der Waals surface area contributed by atoms with Crippen LogP contribution in [0.3, 0.4) is 0 Å². The van der Waals surface area contributed by atoms with E-state index in [2.05, 4.69) is 58.0 Å². The molecular formula is C14H24.